The molecule has 1 rings (SSSR count). The summed E-state index contributed by atoms with van der Waals surface area (Å²) in [4.78, 5) is 12.0. The predicted octanol–water partition coefficient (Wildman–Crippen LogP) is 3.08. The van der Waals surface area contributed by atoms with Gasteiger partial charge < -0.3 is 14.6 Å². The van der Waals surface area contributed by atoms with Crippen LogP contribution in [0.15, 0.2) is 30.3 Å². The summed E-state index contributed by atoms with van der Waals surface area (Å²) in [7, 11) is -0.365. The van der Waals surface area contributed by atoms with E-state index in [0.717, 1.165) is 25.7 Å². The molecule has 0 aliphatic carbocycles. The van der Waals surface area contributed by atoms with Crippen molar-refractivity contribution in [2.24, 2.45) is 0 Å². The molecular weight excluding hydrogens is 265 g/mol. The minimum Gasteiger partial charge on any atom is -0.410 e. The van der Waals surface area contributed by atoms with Gasteiger partial charge in [-0.2, -0.15) is 0 Å². The fourth-order valence-corrected chi connectivity index (χ4v) is 1.75. The van der Waals surface area contributed by atoms with Gasteiger partial charge in [-0.25, -0.2) is 0 Å². The van der Waals surface area contributed by atoms with Crippen molar-refractivity contribution in [3.05, 3.63) is 35.9 Å². The van der Waals surface area contributed by atoms with E-state index < -0.39 is 0 Å². The molecule has 0 aromatic heterocycles. The van der Waals surface area contributed by atoms with Gasteiger partial charge in [0.05, 0.1) is 6.44 Å². The zero-order chi connectivity index (χ0) is 15.3. The van der Waals surface area contributed by atoms with Crippen LogP contribution in [-0.4, -0.2) is 32.7 Å². The first kappa shape index (κ1) is 17.7. The Labute approximate surface area is 128 Å². The molecule has 1 aromatic rings. The Hall–Kier alpha value is -1.33. The van der Waals surface area contributed by atoms with Crippen LogP contribution in [0.25, 0.3) is 0 Å². The molecule has 0 aliphatic rings. The van der Waals surface area contributed by atoms with Crippen LogP contribution >= 0.6 is 0 Å². The van der Waals surface area contributed by atoms with Crippen LogP contribution in [0.3, 0.4) is 0 Å². The summed E-state index contributed by atoms with van der Waals surface area (Å²) >= 11 is 0. The van der Waals surface area contributed by atoms with Crippen LogP contribution in [0.5, 0.6) is 0 Å². The Morgan fingerprint density at radius 3 is 2.14 bits per heavy atom. The van der Waals surface area contributed by atoms with Crippen LogP contribution in [0, 0.1) is 0 Å². The van der Waals surface area contributed by atoms with E-state index in [1.807, 2.05) is 18.2 Å². The SMILES string of the molecule is CCCCOB(CNC(=O)c1ccccc1)OCCCC. The lowest BCUT2D eigenvalue weighted by Crippen LogP contribution is -2.39. The highest BCUT2D eigenvalue weighted by molar-refractivity contribution is 6.45. The van der Waals surface area contributed by atoms with E-state index in [9.17, 15) is 4.79 Å². The van der Waals surface area contributed by atoms with E-state index in [4.69, 9.17) is 9.31 Å². The van der Waals surface area contributed by atoms with Crippen LogP contribution in [-0.2, 0) is 9.31 Å². The van der Waals surface area contributed by atoms with Crippen molar-refractivity contribution in [2.75, 3.05) is 19.7 Å². The van der Waals surface area contributed by atoms with Crippen molar-refractivity contribution < 1.29 is 14.1 Å². The second kappa shape index (κ2) is 11.3. The summed E-state index contributed by atoms with van der Waals surface area (Å²) in [6.45, 7) is 5.56. The van der Waals surface area contributed by atoms with Gasteiger partial charge in [-0.3, -0.25) is 4.79 Å². The molecule has 0 unspecified atom stereocenters. The van der Waals surface area contributed by atoms with Crippen LogP contribution in [0.1, 0.15) is 49.9 Å². The van der Waals surface area contributed by atoms with Crippen molar-refractivity contribution in [2.45, 2.75) is 39.5 Å². The lowest BCUT2D eigenvalue weighted by molar-refractivity contribution is 0.0951. The summed E-state index contributed by atoms with van der Waals surface area (Å²) in [6.07, 6.45) is 4.54. The smallest absolute Gasteiger partial charge is 0.410 e. The number of benzene rings is 1. The first-order chi connectivity index (χ1) is 10.3. The van der Waals surface area contributed by atoms with Gasteiger partial charge in [0, 0.05) is 18.8 Å². The molecule has 0 saturated carbocycles. The highest BCUT2D eigenvalue weighted by Gasteiger charge is 2.19. The Morgan fingerprint density at radius 1 is 1.05 bits per heavy atom. The van der Waals surface area contributed by atoms with Gasteiger partial charge in [-0.15, -0.1) is 0 Å². The number of hydrogen-bond donors (Lipinski definition) is 1. The third-order valence-electron chi connectivity index (χ3n) is 3.07. The van der Waals surface area contributed by atoms with E-state index >= 15 is 0 Å². The second-order valence-electron chi connectivity index (χ2n) is 4.95. The standard InChI is InChI=1S/C16H26BNO3/c1-3-5-12-20-17(21-13-6-4-2)14-18-16(19)15-10-8-7-9-11-15/h7-11H,3-6,12-14H2,1-2H3,(H,18,19). The minimum atomic E-state index is -0.365. The number of amides is 1. The summed E-state index contributed by atoms with van der Waals surface area (Å²) in [6, 6.07) is 9.17. The summed E-state index contributed by atoms with van der Waals surface area (Å²) < 4.78 is 11.4. The van der Waals surface area contributed by atoms with E-state index in [-0.39, 0.29) is 13.0 Å². The van der Waals surface area contributed by atoms with Crippen molar-refractivity contribution in [3.63, 3.8) is 0 Å². The molecule has 4 nitrogen and oxygen atoms in total. The predicted molar refractivity (Wildman–Crippen MR) is 86.2 cm³/mol. The maximum absolute atomic E-state index is 12.0. The number of rotatable bonds is 11. The first-order valence-corrected chi connectivity index (χ1v) is 7.84. The van der Waals surface area contributed by atoms with E-state index in [1.54, 1.807) is 12.1 Å². The zero-order valence-corrected chi connectivity index (χ0v) is 13.1. The Bertz CT molecular complexity index is 376. The van der Waals surface area contributed by atoms with Crippen LogP contribution in [0.4, 0.5) is 0 Å². The van der Waals surface area contributed by atoms with Gasteiger partial charge in [0.1, 0.15) is 0 Å². The van der Waals surface area contributed by atoms with Crippen LogP contribution < -0.4 is 5.32 Å². The van der Waals surface area contributed by atoms with Gasteiger partial charge in [0.25, 0.3) is 5.91 Å². The monoisotopic (exact) mass is 291 g/mol. The lowest BCUT2D eigenvalue weighted by Gasteiger charge is -2.15. The van der Waals surface area contributed by atoms with Crippen molar-refractivity contribution in [1.82, 2.24) is 5.32 Å². The number of nitrogens with one attached hydrogen (secondary N) is 1. The van der Waals surface area contributed by atoms with Crippen molar-refractivity contribution >= 4 is 13.0 Å². The molecule has 1 N–H and O–H groups in total. The van der Waals surface area contributed by atoms with Gasteiger partial charge in [0.15, 0.2) is 0 Å². The van der Waals surface area contributed by atoms with E-state index in [2.05, 4.69) is 19.2 Å². The molecule has 1 aromatic carbocycles. The van der Waals surface area contributed by atoms with E-state index in [0.29, 0.717) is 25.2 Å². The zero-order valence-electron chi connectivity index (χ0n) is 13.1. The number of carbonyl (C=O) groups is 1. The molecule has 0 radical (unpaired) electrons. The molecular formula is C16H26BNO3. The summed E-state index contributed by atoms with van der Waals surface area (Å²) in [5, 5.41) is 2.86. The molecule has 116 valence electrons. The number of carbonyl (C=O) groups excluding carboxylic acids is 1. The molecule has 0 spiro atoms. The molecule has 5 heteroatoms. The molecule has 0 aliphatic heterocycles. The fraction of sp³-hybridized carbons (Fsp3) is 0.562. The average molecular weight is 291 g/mol. The highest BCUT2D eigenvalue weighted by Crippen LogP contribution is 2.00. The topological polar surface area (TPSA) is 47.6 Å². The van der Waals surface area contributed by atoms with Gasteiger partial charge in [-0.05, 0) is 25.0 Å². The third-order valence-corrected chi connectivity index (χ3v) is 3.07. The summed E-state index contributed by atoms with van der Waals surface area (Å²) in [5.74, 6) is -0.0983. The molecule has 1 amide bonds. The van der Waals surface area contributed by atoms with Crippen molar-refractivity contribution in [1.29, 1.82) is 0 Å². The molecule has 0 bridgehead atoms. The largest absolute Gasteiger partial charge is 0.477 e. The Morgan fingerprint density at radius 2 is 1.62 bits per heavy atom. The van der Waals surface area contributed by atoms with Gasteiger partial charge >= 0.3 is 7.12 Å². The fourth-order valence-electron chi connectivity index (χ4n) is 1.75. The maximum Gasteiger partial charge on any atom is 0.477 e. The molecule has 0 fully saturated rings. The van der Waals surface area contributed by atoms with Gasteiger partial charge in [-0.1, -0.05) is 44.9 Å². The quantitative estimate of drug-likeness (QED) is 0.503. The maximum atomic E-state index is 12.0. The van der Waals surface area contributed by atoms with Crippen molar-refractivity contribution in [3.8, 4) is 0 Å². The summed E-state index contributed by atoms with van der Waals surface area (Å²) in [5.41, 5.74) is 0.651. The third kappa shape index (κ3) is 7.88. The van der Waals surface area contributed by atoms with Gasteiger partial charge in [0.2, 0.25) is 0 Å². The first-order valence-electron chi connectivity index (χ1n) is 7.84. The molecule has 21 heavy (non-hydrogen) atoms. The normalized spacial score (nSPS) is 10.4. The van der Waals surface area contributed by atoms with E-state index in [1.165, 1.54) is 0 Å². The number of hydrogen-bond acceptors (Lipinski definition) is 3. The minimum absolute atomic E-state index is 0.0983. The lowest BCUT2D eigenvalue weighted by atomic mass is 9.89. The number of unbranched alkanes of at least 4 members (excludes halogenated alkanes) is 2. The van der Waals surface area contributed by atoms with Crippen LogP contribution in [0.2, 0.25) is 0 Å². The average Bonchev–Trinajstić information content (AvgIpc) is 2.53. The molecule has 0 heterocycles. The Kier molecular flexibility index (Phi) is 9.58. The molecule has 0 saturated heterocycles. The Balaban J connectivity index is 2.37. The highest BCUT2D eigenvalue weighted by atomic mass is 16.6. The molecule has 0 atom stereocenters. The second-order valence-corrected chi connectivity index (χ2v) is 4.95.